The Labute approximate surface area is 702 Å². The van der Waals surface area contributed by atoms with Crippen LogP contribution >= 0.6 is 692 Å². The molecule has 89 heteroatoms. The fourth-order valence-corrected chi connectivity index (χ4v) is 647. The third-order valence-electron chi connectivity index (χ3n) is 5.63. The Morgan fingerprint density at radius 3 is 0.267 bits per heavy atom. The Bertz CT molecular complexity index is 1200. The van der Waals surface area contributed by atoms with Gasteiger partial charge in [0.1, 0.15) is 0 Å². The van der Waals surface area contributed by atoms with E-state index in [0.717, 1.165) is 7.96 Å². The zero-order valence-corrected chi connectivity index (χ0v) is 134. The van der Waals surface area contributed by atoms with E-state index in [1.807, 2.05) is 0 Å². The average Bonchev–Trinajstić information content (AvgIpc) is 3.54. The molecule has 0 aliphatic heterocycles. The topological polar surface area (TPSA) is 0 Å². The van der Waals surface area contributed by atoms with Crippen LogP contribution in [0.4, 0.5) is 0 Å². The fourth-order valence-electron chi connectivity index (χ4n) is 2.79. The molecule has 0 rings (SSSR count). The van der Waals surface area contributed by atoms with Crippen LogP contribution in [0.1, 0.15) is 0 Å². The van der Waals surface area contributed by atoms with E-state index in [2.05, 4.69) is 30.7 Å². The van der Waals surface area contributed by atoms with E-state index < -0.39 is 6.71 Å². The van der Waals surface area contributed by atoms with Crippen molar-refractivity contribution < 1.29 is 0 Å². The van der Waals surface area contributed by atoms with Crippen molar-refractivity contribution in [2.45, 2.75) is 0 Å². The summed E-state index contributed by atoms with van der Waals surface area (Å²) in [5.41, 5.74) is 0. The molecular weight excluding hydrogens is 2730 g/mol. The van der Waals surface area contributed by atoms with Gasteiger partial charge in [0.25, 0.3) is 0 Å². The van der Waals surface area contributed by atoms with E-state index in [1.54, 1.807) is 0 Å². The van der Waals surface area contributed by atoms with Gasteiger partial charge in [-0.15, -0.1) is 8.93 Å². The molecule has 0 spiro atoms. The van der Waals surface area contributed by atoms with Crippen LogP contribution in [0.15, 0.2) is 0 Å². The van der Waals surface area contributed by atoms with Crippen LogP contribution in [0.25, 0.3) is 0 Å². The molecule has 0 N–H and O–H groups in total. The molecule has 0 aliphatic rings. The third-order valence-corrected chi connectivity index (χ3v) is 436. The second-order valence-corrected chi connectivity index (χ2v) is 299. The Morgan fingerprint density at radius 2 is 0.200 bits per heavy atom. The van der Waals surface area contributed by atoms with E-state index in [-0.39, 0.29) is 0 Å². The molecule has 0 aromatic carbocycles. The minimum Gasteiger partial charge on any atom is -0.110 e. The van der Waals surface area contributed by atoms with Gasteiger partial charge in [0, 0.05) is 0 Å². The Hall–Kier alpha value is 37.5. The molecule has 0 aliphatic carbocycles. The van der Waals surface area contributed by atoms with Crippen LogP contribution in [0.2, 0.25) is 0 Å². The first-order valence-electron chi connectivity index (χ1n) is 23.0. The summed E-state index contributed by atoms with van der Waals surface area (Å²) >= 11 is 0. The van der Waals surface area contributed by atoms with Gasteiger partial charge in [-0.2, -0.15) is 0 Å². The molecule has 0 heterocycles. The van der Waals surface area contributed by atoms with E-state index in [9.17, 15) is 0 Å². The minimum absolute atomic E-state index is 0.725. The standard InChI is InChI=1S/CH95B2P87/c1-90(2,3)89-88-87-86-85-84-83-82-81-80-79-78-77-76-75-74-73-72-71-70-69-68-67-66-65-64-63-62-61-60-59-58-57-56-55-54-53-52-51-50-49-48-47-46-45-44-43-42-41-40-39-38-37-36-35-34-33-32-31-30-29-28-27-26-25-24-23-22-21-20-19-18-17-16-15-14-13-12-11-10-9-8-7-6-5-4/h5-90H,2-4H2,1H3. The molecule has 90 heavy (non-hydrogen) atoms. The fraction of sp³-hybridized carbons (Fsp3) is 1.00. The normalized spacial score (nSPS) is 23.5. The molecule has 0 fully saturated rings. The van der Waals surface area contributed by atoms with Crippen molar-refractivity contribution in [2.24, 2.45) is 0 Å². The van der Waals surface area contributed by atoms with Crippen LogP contribution < -0.4 is 0 Å². The van der Waals surface area contributed by atoms with Crippen LogP contribution in [-0.4, -0.2) is 21.8 Å². The molecular formula is CH95B2P87. The van der Waals surface area contributed by atoms with Gasteiger partial charge in [-0.1, -0.05) is 581 Å². The van der Waals surface area contributed by atoms with E-state index in [0.29, 0.717) is 0 Å². The summed E-state index contributed by atoms with van der Waals surface area (Å²) in [4.78, 5) is 0. The number of hydrogen-bond donors (Lipinski definition) is 0. The van der Waals surface area contributed by atoms with Crippen LogP contribution in [0.3, 0.4) is 0 Å². The van der Waals surface area contributed by atoms with Gasteiger partial charge in [0.15, 0.2) is 0 Å². The third kappa shape index (κ3) is 126. The van der Waals surface area contributed by atoms with Gasteiger partial charge < -0.3 is 0 Å². The summed E-state index contributed by atoms with van der Waals surface area (Å²) in [5, 5.41) is 0. The van der Waals surface area contributed by atoms with E-state index in [1.165, 1.54) is 668 Å². The Morgan fingerprint density at radius 1 is 0.133 bits per heavy atom. The molecule has 0 radical (unpaired) electrons. The SMILES string of the molecule is B[PH](B)(C)PPPPPPPPPPPPPPPPPPPPPPPPPPPPPPPPPPPPPPPPPPPPPPPPPPPPPPPPPPPPPPPPPPPPPPPPPPPPPPPPPPPPPP. The number of rotatable bonds is 85. The molecule has 86 atom stereocenters. The quantitative estimate of drug-likeness (QED) is 0.0323. The maximum absolute atomic E-state index is 2.93. The van der Waals surface area contributed by atoms with Gasteiger partial charge >= 0.3 is 124 Å². The molecule has 0 aromatic heterocycles. The first kappa shape index (κ1) is 128. The molecule has 0 amide bonds. The summed E-state index contributed by atoms with van der Waals surface area (Å²) in [6.07, 6.45) is 0. The van der Waals surface area contributed by atoms with Gasteiger partial charge in [0.2, 0.25) is 0 Å². The van der Waals surface area contributed by atoms with Gasteiger partial charge in [-0.25, -0.2) is 0 Å². The summed E-state index contributed by atoms with van der Waals surface area (Å²) < 4.78 is 0. The van der Waals surface area contributed by atoms with Crippen molar-refractivity contribution in [2.75, 3.05) is 6.66 Å². The van der Waals surface area contributed by atoms with E-state index >= 15 is 0 Å². The summed E-state index contributed by atoms with van der Waals surface area (Å²) in [7, 11) is 125. The predicted molar refractivity (Wildman–Crippen MR) is 748 cm³/mol. The molecule has 0 saturated carbocycles. The average molecular weight is 2820 g/mol. The molecule has 0 aromatic rings. The maximum atomic E-state index is 2.93. The van der Waals surface area contributed by atoms with Crippen molar-refractivity contribution in [3.63, 3.8) is 0 Å². The Kier molecular flexibility index (Phi) is 171. The molecule has 540 valence electrons. The van der Waals surface area contributed by atoms with Crippen molar-refractivity contribution >= 4 is 707 Å². The number of hydrogen-bond acceptors (Lipinski definition) is 0. The first-order valence-corrected chi connectivity index (χ1v) is 198. The van der Waals surface area contributed by atoms with E-state index in [4.69, 9.17) is 0 Å². The first-order chi connectivity index (χ1) is 44.6. The summed E-state index contributed by atoms with van der Waals surface area (Å²) in [5.74, 6) is 0. The second-order valence-electron chi connectivity index (χ2n) is 12.9. The van der Waals surface area contributed by atoms with Crippen molar-refractivity contribution in [1.82, 2.24) is 0 Å². The minimum atomic E-state index is -0.725. The summed E-state index contributed by atoms with van der Waals surface area (Å²) in [6.45, 7) is 1.84. The van der Waals surface area contributed by atoms with Crippen molar-refractivity contribution in [1.29, 1.82) is 0 Å². The summed E-state index contributed by atoms with van der Waals surface area (Å²) in [6, 6.07) is 0. The van der Waals surface area contributed by atoms with Gasteiger partial charge in [0.05, 0.1) is 0 Å². The van der Waals surface area contributed by atoms with Crippen molar-refractivity contribution in [3.05, 3.63) is 0 Å². The molecule has 0 bridgehead atoms. The van der Waals surface area contributed by atoms with Gasteiger partial charge in [-0.3, -0.25) is 0 Å². The zero-order chi connectivity index (χ0) is 64.6. The zero-order valence-electron chi connectivity index (χ0n) is 46.6. The predicted octanol–water partition coefficient (Wildman–Crippen LogP) is 49.7. The molecule has 86 unspecified atom stereocenters. The van der Waals surface area contributed by atoms with Crippen LogP contribution in [0, 0.1) is 0 Å². The second kappa shape index (κ2) is 121. The van der Waals surface area contributed by atoms with Crippen LogP contribution in [0.5, 0.6) is 0 Å². The van der Waals surface area contributed by atoms with Crippen molar-refractivity contribution in [3.8, 4) is 0 Å². The molecule has 0 nitrogen and oxygen atoms in total. The van der Waals surface area contributed by atoms with Gasteiger partial charge in [-0.05, 0) is 0 Å². The smallest absolute Gasteiger partial charge is 0.110 e. The Balaban J connectivity index is 3.09. The monoisotopic (exact) mass is 2820 g/mol. The molecule has 0 saturated heterocycles. The van der Waals surface area contributed by atoms with Crippen LogP contribution in [-0.2, 0) is 0 Å².